The summed E-state index contributed by atoms with van der Waals surface area (Å²) in [4.78, 5) is 79.6. The quantitative estimate of drug-likeness (QED) is 0.0890. The fourth-order valence-electron chi connectivity index (χ4n) is 5.67. The van der Waals surface area contributed by atoms with Gasteiger partial charge in [-0.1, -0.05) is 65.8 Å². The standard InChI is InChI=1S/2C22H28N4O4/c1-21(2,3)15-8-7-14(18(12-15)26(29)30)11-19(27)24-16-9-10-23-17(13-16)20(28)25-22(4,5)6;1-21(2,3)16-8-7-14(11-18(16)26(29)30)12-19(27)24-15-9-10-23-17(13-15)20(28)25-22(4,5)6/h7-10,12-13H,11H2,1-6H3,(H,25,28)(H,23,24,27);7-11,13H,12H2,1-6H3,(H,25,28)(H,23,24,27). The monoisotopic (exact) mass is 824 g/mol. The molecule has 4 N–H and O–H groups in total. The molecule has 0 saturated carbocycles. The maximum absolute atomic E-state index is 12.5. The second-order valence-corrected chi connectivity index (χ2v) is 18.4. The molecule has 4 aromatic rings. The largest absolute Gasteiger partial charge is 0.346 e. The summed E-state index contributed by atoms with van der Waals surface area (Å²) < 4.78 is 0. The lowest BCUT2D eigenvalue weighted by atomic mass is 9.85. The molecule has 4 rings (SSSR count). The number of anilines is 2. The Kier molecular flexibility index (Phi) is 15.1. The van der Waals surface area contributed by atoms with Gasteiger partial charge in [0.15, 0.2) is 0 Å². The van der Waals surface area contributed by atoms with E-state index < -0.39 is 26.8 Å². The molecule has 60 heavy (non-hydrogen) atoms. The van der Waals surface area contributed by atoms with Gasteiger partial charge in [-0.05, 0) is 87.8 Å². The Morgan fingerprint density at radius 3 is 1.45 bits per heavy atom. The predicted molar refractivity (Wildman–Crippen MR) is 231 cm³/mol. The summed E-state index contributed by atoms with van der Waals surface area (Å²) in [5.74, 6) is -1.46. The van der Waals surface area contributed by atoms with Gasteiger partial charge >= 0.3 is 0 Å². The van der Waals surface area contributed by atoms with Gasteiger partial charge in [-0.3, -0.25) is 49.4 Å². The van der Waals surface area contributed by atoms with Crippen molar-refractivity contribution in [2.75, 3.05) is 10.6 Å². The smallest absolute Gasteiger partial charge is 0.273 e. The zero-order valence-corrected chi connectivity index (χ0v) is 36.4. The van der Waals surface area contributed by atoms with E-state index in [0.29, 0.717) is 28.1 Å². The van der Waals surface area contributed by atoms with Gasteiger partial charge < -0.3 is 21.3 Å². The maximum atomic E-state index is 12.5. The van der Waals surface area contributed by atoms with E-state index in [1.807, 2.05) is 83.1 Å². The van der Waals surface area contributed by atoms with Crippen LogP contribution in [0.15, 0.2) is 73.1 Å². The van der Waals surface area contributed by atoms with Crippen molar-refractivity contribution in [1.82, 2.24) is 20.6 Å². The molecule has 0 aliphatic rings. The second-order valence-electron chi connectivity index (χ2n) is 18.4. The molecule has 0 bridgehead atoms. The van der Waals surface area contributed by atoms with Crippen LogP contribution in [0.25, 0.3) is 0 Å². The van der Waals surface area contributed by atoms with E-state index in [-0.39, 0.29) is 64.2 Å². The first kappa shape index (κ1) is 47.8. The average Bonchev–Trinajstić information content (AvgIpc) is 3.09. The van der Waals surface area contributed by atoms with Gasteiger partial charge in [0.05, 0.1) is 22.7 Å². The molecule has 2 aromatic heterocycles. The van der Waals surface area contributed by atoms with Crippen molar-refractivity contribution in [2.24, 2.45) is 0 Å². The molecule has 4 amide bonds. The third-order valence-corrected chi connectivity index (χ3v) is 8.46. The summed E-state index contributed by atoms with van der Waals surface area (Å²) >= 11 is 0. The molecule has 0 aliphatic carbocycles. The third-order valence-electron chi connectivity index (χ3n) is 8.46. The van der Waals surface area contributed by atoms with Crippen molar-refractivity contribution in [3.63, 3.8) is 0 Å². The SMILES string of the molecule is CC(C)(C)NC(=O)c1cc(NC(=O)Cc2ccc(C(C)(C)C)c([N+](=O)[O-])c2)ccn1.CC(C)(C)NC(=O)c1cc(NC(=O)Cc2ccc(C(C)(C)C)cc2[N+](=O)[O-])ccn1. The highest BCUT2D eigenvalue weighted by Gasteiger charge is 2.26. The highest BCUT2D eigenvalue weighted by atomic mass is 16.6. The van der Waals surface area contributed by atoms with Crippen molar-refractivity contribution >= 4 is 46.4 Å². The molecule has 0 saturated heterocycles. The first-order valence-electron chi connectivity index (χ1n) is 19.2. The van der Waals surface area contributed by atoms with E-state index in [2.05, 4.69) is 31.2 Å². The van der Waals surface area contributed by atoms with Crippen LogP contribution >= 0.6 is 0 Å². The molecule has 16 heteroatoms. The highest BCUT2D eigenvalue weighted by Crippen LogP contribution is 2.32. The number of pyridine rings is 2. The van der Waals surface area contributed by atoms with E-state index in [4.69, 9.17) is 0 Å². The van der Waals surface area contributed by atoms with Crippen LogP contribution in [0.4, 0.5) is 22.7 Å². The molecule has 0 radical (unpaired) electrons. The average molecular weight is 825 g/mol. The molecule has 320 valence electrons. The van der Waals surface area contributed by atoms with Crippen LogP contribution in [-0.4, -0.2) is 54.5 Å². The number of aromatic nitrogens is 2. The number of hydrogen-bond donors (Lipinski definition) is 4. The number of rotatable bonds is 10. The molecule has 0 spiro atoms. The molecule has 16 nitrogen and oxygen atoms in total. The Morgan fingerprint density at radius 2 is 1.03 bits per heavy atom. The number of carbonyl (C=O) groups excluding carboxylic acids is 4. The van der Waals surface area contributed by atoms with Gasteiger partial charge in [-0.2, -0.15) is 0 Å². The third kappa shape index (κ3) is 15.0. The van der Waals surface area contributed by atoms with Gasteiger partial charge in [0.1, 0.15) is 11.4 Å². The summed E-state index contributed by atoms with van der Waals surface area (Å²) in [5, 5.41) is 34.0. The zero-order valence-electron chi connectivity index (χ0n) is 36.4. The van der Waals surface area contributed by atoms with E-state index in [1.54, 1.807) is 36.4 Å². The second kappa shape index (κ2) is 19.0. The molecule has 2 heterocycles. The minimum atomic E-state index is -0.473. The molecular weight excluding hydrogens is 769 g/mol. The summed E-state index contributed by atoms with van der Waals surface area (Å²) in [6.45, 7) is 22.8. The lowest BCUT2D eigenvalue weighted by Gasteiger charge is -2.20. The number of benzene rings is 2. The fraction of sp³-hybridized carbons (Fsp3) is 0.409. The highest BCUT2D eigenvalue weighted by molar-refractivity contribution is 5.97. The summed E-state index contributed by atoms with van der Waals surface area (Å²) in [6, 6.07) is 15.9. The van der Waals surface area contributed by atoms with Gasteiger partial charge in [-0.15, -0.1) is 0 Å². The molecule has 0 atom stereocenters. The van der Waals surface area contributed by atoms with E-state index in [0.717, 1.165) is 5.56 Å². The van der Waals surface area contributed by atoms with Gasteiger partial charge in [0, 0.05) is 58.1 Å². The van der Waals surface area contributed by atoms with Gasteiger partial charge in [0.25, 0.3) is 23.2 Å². The van der Waals surface area contributed by atoms with Crippen LogP contribution in [0.5, 0.6) is 0 Å². The Morgan fingerprint density at radius 1 is 0.567 bits per heavy atom. The van der Waals surface area contributed by atoms with Crippen LogP contribution in [0.2, 0.25) is 0 Å². The van der Waals surface area contributed by atoms with Crippen molar-refractivity contribution in [2.45, 2.75) is 118 Å². The van der Waals surface area contributed by atoms with Crippen molar-refractivity contribution in [1.29, 1.82) is 0 Å². The zero-order chi connectivity index (χ0) is 45.4. The number of nitrogens with one attached hydrogen (secondary N) is 4. The number of nitro benzene ring substituents is 2. The van der Waals surface area contributed by atoms with Crippen molar-refractivity contribution in [3.8, 4) is 0 Å². The topological polar surface area (TPSA) is 228 Å². The van der Waals surface area contributed by atoms with Gasteiger partial charge in [0.2, 0.25) is 11.8 Å². The van der Waals surface area contributed by atoms with Crippen LogP contribution in [-0.2, 0) is 33.3 Å². The first-order chi connectivity index (χ1) is 27.5. The molecular formula is C44H56N8O8. The number of hydrogen-bond acceptors (Lipinski definition) is 10. The van der Waals surface area contributed by atoms with E-state index in [1.165, 1.54) is 36.7 Å². The molecule has 0 fully saturated rings. The van der Waals surface area contributed by atoms with E-state index in [9.17, 15) is 39.4 Å². The lowest BCUT2D eigenvalue weighted by Crippen LogP contribution is -2.40. The number of nitro groups is 2. The Hall–Kier alpha value is -6.58. The number of carbonyl (C=O) groups is 4. The van der Waals surface area contributed by atoms with Crippen molar-refractivity contribution < 1.29 is 29.0 Å². The Bertz CT molecular complexity index is 2260. The summed E-state index contributed by atoms with van der Waals surface area (Å²) in [5.41, 5.74) is 1.92. The summed E-state index contributed by atoms with van der Waals surface area (Å²) in [7, 11) is 0. The maximum Gasteiger partial charge on any atom is 0.273 e. The van der Waals surface area contributed by atoms with E-state index >= 15 is 0 Å². The molecule has 0 aliphatic heterocycles. The first-order valence-corrected chi connectivity index (χ1v) is 19.2. The summed E-state index contributed by atoms with van der Waals surface area (Å²) in [6.07, 6.45) is 2.67. The van der Waals surface area contributed by atoms with Crippen LogP contribution in [0, 0.1) is 20.2 Å². The van der Waals surface area contributed by atoms with Crippen LogP contribution < -0.4 is 21.3 Å². The van der Waals surface area contributed by atoms with Crippen LogP contribution in [0.1, 0.15) is 126 Å². The Balaban J connectivity index is 0.000000320. The number of amides is 4. The predicted octanol–water partition coefficient (Wildman–Crippen LogP) is 7.99. The minimum Gasteiger partial charge on any atom is -0.346 e. The Labute approximate surface area is 350 Å². The number of nitrogens with zero attached hydrogens (tertiary/aromatic N) is 4. The molecule has 2 aromatic carbocycles. The fourth-order valence-corrected chi connectivity index (χ4v) is 5.67. The normalized spacial score (nSPS) is 11.7. The van der Waals surface area contributed by atoms with Crippen molar-refractivity contribution in [3.05, 3.63) is 127 Å². The van der Waals surface area contributed by atoms with Crippen LogP contribution in [0.3, 0.4) is 0 Å². The molecule has 0 unspecified atom stereocenters. The van der Waals surface area contributed by atoms with Gasteiger partial charge in [-0.25, -0.2) is 0 Å². The minimum absolute atomic E-state index is 0.00199. The lowest BCUT2D eigenvalue weighted by molar-refractivity contribution is -0.386.